The molecule has 1 aromatic rings. The Hall–Kier alpha value is -1.49. The molecule has 0 fully saturated rings. The van der Waals surface area contributed by atoms with Gasteiger partial charge in [0.15, 0.2) is 0 Å². The number of hydrogen-bond acceptors (Lipinski definition) is 3. The summed E-state index contributed by atoms with van der Waals surface area (Å²) in [5.41, 5.74) is 2.07. The van der Waals surface area contributed by atoms with Crippen molar-refractivity contribution in [2.45, 2.75) is 31.2 Å². The van der Waals surface area contributed by atoms with Gasteiger partial charge in [0.2, 0.25) is 5.91 Å². The Labute approximate surface area is 116 Å². The number of carbonyl (C=O) groups excluding carboxylic acids is 1. The molecule has 19 heavy (non-hydrogen) atoms. The molecule has 0 aliphatic carbocycles. The van der Waals surface area contributed by atoms with Crippen molar-refractivity contribution in [3.8, 4) is 0 Å². The number of amides is 1. The summed E-state index contributed by atoms with van der Waals surface area (Å²) < 4.78 is 0. The highest BCUT2D eigenvalue weighted by Gasteiger charge is 2.35. The lowest BCUT2D eigenvalue weighted by molar-refractivity contribution is -0.151. The minimum atomic E-state index is -0.934. The molecule has 102 valence electrons. The first-order chi connectivity index (χ1) is 9.04. The fraction of sp³-hybridized carbons (Fsp3) is 0.429. The van der Waals surface area contributed by atoms with Gasteiger partial charge >= 0.3 is 5.97 Å². The molecule has 1 aliphatic rings. The topological polar surface area (TPSA) is 57.6 Å². The molecule has 1 aromatic carbocycles. The van der Waals surface area contributed by atoms with Crippen molar-refractivity contribution in [1.82, 2.24) is 4.90 Å². The second kappa shape index (κ2) is 5.65. The second-order valence-electron chi connectivity index (χ2n) is 4.67. The monoisotopic (exact) mass is 279 g/mol. The number of nitrogens with zero attached hydrogens (tertiary/aromatic N) is 1. The van der Waals surface area contributed by atoms with E-state index in [4.69, 9.17) is 0 Å². The molecule has 0 radical (unpaired) electrons. The van der Waals surface area contributed by atoms with Gasteiger partial charge in [0.05, 0.1) is 5.25 Å². The first-order valence-electron chi connectivity index (χ1n) is 6.17. The van der Waals surface area contributed by atoms with Gasteiger partial charge in [-0.3, -0.25) is 4.79 Å². The maximum absolute atomic E-state index is 12.3. The zero-order valence-electron chi connectivity index (χ0n) is 11.0. The molecule has 1 heterocycles. The first kappa shape index (κ1) is 13.9. The summed E-state index contributed by atoms with van der Waals surface area (Å²) >= 11 is 1.44. The van der Waals surface area contributed by atoms with E-state index in [0.29, 0.717) is 13.0 Å². The number of fused-ring (bicyclic) bond motifs is 1. The molecule has 1 amide bonds. The van der Waals surface area contributed by atoms with Crippen LogP contribution in [0.5, 0.6) is 0 Å². The maximum atomic E-state index is 12.3. The van der Waals surface area contributed by atoms with Gasteiger partial charge in [0.25, 0.3) is 0 Å². The predicted octanol–water partition coefficient (Wildman–Crippen LogP) is 1.78. The van der Waals surface area contributed by atoms with Crippen LogP contribution in [0.3, 0.4) is 0 Å². The van der Waals surface area contributed by atoms with Crippen molar-refractivity contribution in [2.24, 2.45) is 0 Å². The Bertz CT molecular complexity index is 503. The van der Waals surface area contributed by atoms with Crippen LogP contribution in [0.4, 0.5) is 0 Å². The van der Waals surface area contributed by atoms with Crippen LogP contribution in [-0.4, -0.2) is 39.4 Å². The lowest BCUT2D eigenvalue weighted by Crippen LogP contribution is -2.50. The van der Waals surface area contributed by atoms with Crippen LogP contribution >= 0.6 is 11.8 Å². The minimum Gasteiger partial charge on any atom is -0.480 e. The lowest BCUT2D eigenvalue weighted by atomic mass is 9.94. The standard InChI is InChI=1S/C14H17NO3S/c1-9(19-2)13(16)15-8-11-6-4-3-5-10(11)7-12(15)14(17)18/h3-6,9,12H,7-8H2,1-2H3,(H,17,18)/t9-,12+/m0/s1. The Morgan fingerprint density at radius 3 is 2.58 bits per heavy atom. The van der Waals surface area contributed by atoms with E-state index in [1.807, 2.05) is 37.4 Å². The summed E-state index contributed by atoms with van der Waals surface area (Å²) in [5, 5.41) is 9.12. The van der Waals surface area contributed by atoms with Gasteiger partial charge in [-0.2, -0.15) is 11.8 Å². The van der Waals surface area contributed by atoms with E-state index >= 15 is 0 Å². The predicted molar refractivity (Wildman–Crippen MR) is 75.1 cm³/mol. The van der Waals surface area contributed by atoms with Gasteiger partial charge in [-0.25, -0.2) is 4.79 Å². The fourth-order valence-electron chi connectivity index (χ4n) is 2.31. The molecule has 0 bridgehead atoms. The van der Waals surface area contributed by atoms with E-state index < -0.39 is 12.0 Å². The summed E-state index contributed by atoms with van der Waals surface area (Å²) in [6.45, 7) is 2.20. The van der Waals surface area contributed by atoms with Crippen molar-refractivity contribution in [2.75, 3.05) is 6.26 Å². The Balaban J connectivity index is 2.31. The van der Waals surface area contributed by atoms with E-state index in [9.17, 15) is 14.7 Å². The number of hydrogen-bond donors (Lipinski definition) is 1. The molecule has 4 nitrogen and oxygen atoms in total. The molecule has 0 aromatic heterocycles. The highest BCUT2D eigenvalue weighted by Crippen LogP contribution is 2.25. The van der Waals surface area contributed by atoms with Gasteiger partial charge in [0, 0.05) is 13.0 Å². The Morgan fingerprint density at radius 2 is 2.00 bits per heavy atom. The smallest absolute Gasteiger partial charge is 0.326 e. The minimum absolute atomic E-state index is 0.102. The van der Waals surface area contributed by atoms with Crippen molar-refractivity contribution in [3.63, 3.8) is 0 Å². The highest BCUT2D eigenvalue weighted by molar-refractivity contribution is 7.99. The number of carbonyl (C=O) groups is 2. The third-order valence-electron chi connectivity index (χ3n) is 3.52. The second-order valence-corrected chi connectivity index (χ2v) is 5.85. The molecule has 0 saturated heterocycles. The molecule has 1 aliphatic heterocycles. The normalized spacial score (nSPS) is 19.7. The summed E-state index contributed by atoms with van der Waals surface area (Å²) in [6, 6.07) is 6.96. The zero-order valence-corrected chi connectivity index (χ0v) is 11.8. The number of carboxylic acids is 1. The van der Waals surface area contributed by atoms with E-state index in [-0.39, 0.29) is 11.2 Å². The quantitative estimate of drug-likeness (QED) is 0.916. The lowest BCUT2D eigenvalue weighted by Gasteiger charge is -2.35. The van der Waals surface area contributed by atoms with Gasteiger partial charge in [-0.05, 0) is 24.3 Å². The van der Waals surface area contributed by atoms with Crippen LogP contribution in [0, 0.1) is 0 Å². The van der Waals surface area contributed by atoms with Crippen LogP contribution in [0.15, 0.2) is 24.3 Å². The molecular formula is C14H17NO3S. The van der Waals surface area contributed by atoms with Crippen LogP contribution in [0.1, 0.15) is 18.1 Å². The van der Waals surface area contributed by atoms with Gasteiger partial charge in [-0.1, -0.05) is 24.3 Å². The summed E-state index contributed by atoms with van der Waals surface area (Å²) in [4.78, 5) is 25.2. The van der Waals surface area contributed by atoms with Crippen molar-refractivity contribution >= 4 is 23.6 Å². The number of carboxylic acid groups (broad SMARTS) is 1. The SMILES string of the molecule is CS[C@@H](C)C(=O)N1Cc2ccccc2C[C@@H]1C(=O)O. The van der Waals surface area contributed by atoms with Crippen LogP contribution in [-0.2, 0) is 22.6 Å². The molecule has 1 N–H and O–H groups in total. The molecule has 5 heteroatoms. The van der Waals surface area contributed by atoms with Gasteiger partial charge in [-0.15, -0.1) is 0 Å². The maximum Gasteiger partial charge on any atom is 0.326 e. The van der Waals surface area contributed by atoms with Gasteiger partial charge < -0.3 is 10.0 Å². The summed E-state index contributed by atoms with van der Waals surface area (Å²) in [5.74, 6) is -1.04. The van der Waals surface area contributed by atoms with Crippen LogP contribution in [0.25, 0.3) is 0 Å². The number of rotatable bonds is 3. The first-order valence-corrected chi connectivity index (χ1v) is 7.46. The van der Waals surface area contributed by atoms with E-state index in [0.717, 1.165) is 11.1 Å². The Kier molecular flexibility index (Phi) is 4.14. The van der Waals surface area contributed by atoms with Gasteiger partial charge in [0.1, 0.15) is 6.04 Å². The van der Waals surface area contributed by atoms with Crippen molar-refractivity contribution in [3.05, 3.63) is 35.4 Å². The number of thioether (sulfide) groups is 1. The van der Waals surface area contributed by atoms with E-state index in [1.54, 1.807) is 0 Å². The number of aliphatic carboxylic acids is 1. The molecule has 2 rings (SSSR count). The average Bonchev–Trinajstić information content (AvgIpc) is 2.44. The third-order valence-corrected chi connectivity index (χ3v) is 4.43. The summed E-state index contributed by atoms with van der Waals surface area (Å²) in [6.07, 6.45) is 2.24. The molecule has 0 spiro atoms. The van der Waals surface area contributed by atoms with Crippen LogP contribution in [0.2, 0.25) is 0 Å². The van der Waals surface area contributed by atoms with E-state index in [1.165, 1.54) is 16.7 Å². The van der Waals surface area contributed by atoms with Crippen LogP contribution < -0.4 is 0 Å². The molecule has 0 saturated carbocycles. The van der Waals surface area contributed by atoms with E-state index in [2.05, 4.69) is 0 Å². The fourth-order valence-corrected chi connectivity index (χ4v) is 2.65. The average molecular weight is 279 g/mol. The van der Waals surface area contributed by atoms with Crippen molar-refractivity contribution in [1.29, 1.82) is 0 Å². The molecular weight excluding hydrogens is 262 g/mol. The highest BCUT2D eigenvalue weighted by atomic mass is 32.2. The zero-order chi connectivity index (χ0) is 14.0. The summed E-state index contributed by atoms with van der Waals surface area (Å²) in [7, 11) is 0. The van der Waals surface area contributed by atoms with Crippen molar-refractivity contribution < 1.29 is 14.7 Å². The molecule has 2 atom stereocenters. The molecule has 0 unspecified atom stereocenters. The largest absolute Gasteiger partial charge is 0.480 e. The number of benzene rings is 1. The third kappa shape index (κ3) is 2.76. The Morgan fingerprint density at radius 1 is 1.37 bits per heavy atom.